The first kappa shape index (κ1) is 17.3. The van der Waals surface area contributed by atoms with Crippen LogP contribution in [-0.2, 0) is 11.2 Å². The number of hydrogen-bond acceptors (Lipinski definition) is 3. The summed E-state index contributed by atoms with van der Waals surface area (Å²) in [5, 5.41) is 3.00. The van der Waals surface area contributed by atoms with Crippen molar-refractivity contribution in [2.24, 2.45) is 0 Å². The monoisotopic (exact) mass is 377 g/mol. The molecule has 0 aliphatic rings. The summed E-state index contributed by atoms with van der Waals surface area (Å²) in [5.74, 6) is 1.42. The summed E-state index contributed by atoms with van der Waals surface area (Å²) in [5.41, 5.74) is 1.85. The van der Waals surface area contributed by atoms with Crippen molar-refractivity contribution in [2.45, 2.75) is 19.4 Å². The number of halogens is 1. The Bertz CT molecular complexity index is 670. The highest BCUT2D eigenvalue weighted by molar-refractivity contribution is 9.10. The minimum atomic E-state index is -0.178. The van der Waals surface area contributed by atoms with Gasteiger partial charge in [-0.2, -0.15) is 0 Å². The summed E-state index contributed by atoms with van der Waals surface area (Å²) in [6.07, 6.45) is 0.337. The molecule has 0 aliphatic carbocycles. The van der Waals surface area contributed by atoms with E-state index in [0.29, 0.717) is 6.42 Å². The zero-order chi connectivity index (χ0) is 16.8. The van der Waals surface area contributed by atoms with Gasteiger partial charge in [0.25, 0.3) is 0 Å². The first-order chi connectivity index (χ1) is 11.0. The molecular weight excluding hydrogens is 358 g/mol. The molecule has 0 fully saturated rings. The van der Waals surface area contributed by atoms with Crippen molar-refractivity contribution in [3.05, 3.63) is 58.1 Å². The summed E-state index contributed by atoms with van der Waals surface area (Å²) >= 11 is 3.39. The van der Waals surface area contributed by atoms with Crippen LogP contribution in [0, 0.1) is 0 Å². The van der Waals surface area contributed by atoms with Crippen molar-refractivity contribution in [3.63, 3.8) is 0 Å². The van der Waals surface area contributed by atoms with Crippen LogP contribution >= 0.6 is 15.9 Å². The second-order valence-electron chi connectivity index (χ2n) is 5.20. The molecule has 0 saturated carbocycles. The van der Waals surface area contributed by atoms with E-state index in [9.17, 15) is 4.79 Å². The highest BCUT2D eigenvalue weighted by Crippen LogP contribution is 2.29. The van der Waals surface area contributed by atoms with Gasteiger partial charge in [0.05, 0.1) is 26.7 Å². The van der Waals surface area contributed by atoms with E-state index in [2.05, 4.69) is 21.2 Å². The van der Waals surface area contributed by atoms with E-state index in [4.69, 9.17) is 9.47 Å². The number of rotatable bonds is 6. The van der Waals surface area contributed by atoms with Gasteiger partial charge < -0.3 is 14.8 Å². The van der Waals surface area contributed by atoms with Gasteiger partial charge in [-0.25, -0.2) is 0 Å². The van der Waals surface area contributed by atoms with Gasteiger partial charge in [0.1, 0.15) is 11.5 Å². The Kier molecular flexibility index (Phi) is 6.04. The molecule has 1 N–H and O–H groups in total. The largest absolute Gasteiger partial charge is 0.497 e. The second kappa shape index (κ2) is 8.02. The van der Waals surface area contributed by atoms with Crippen LogP contribution in [0.1, 0.15) is 24.1 Å². The van der Waals surface area contributed by atoms with Gasteiger partial charge in [0, 0.05) is 10.0 Å². The zero-order valence-corrected chi connectivity index (χ0v) is 15.0. The molecule has 1 atom stereocenters. The van der Waals surface area contributed by atoms with Crippen molar-refractivity contribution in [1.29, 1.82) is 0 Å². The van der Waals surface area contributed by atoms with E-state index in [1.54, 1.807) is 14.2 Å². The van der Waals surface area contributed by atoms with Gasteiger partial charge in [0.2, 0.25) is 5.91 Å². The van der Waals surface area contributed by atoms with Gasteiger partial charge in [-0.1, -0.05) is 28.1 Å². The number of hydrogen-bond donors (Lipinski definition) is 1. The molecule has 0 unspecified atom stereocenters. The molecule has 0 saturated heterocycles. The first-order valence-corrected chi connectivity index (χ1v) is 8.08. The summed E-state index contributed by atoms with van der Waals surface area (Å²) in [7, 11) is 3.23. The fourth-order valence-electron chi connectivity index (χ4n) is 2.34. The Balaban J connectivity index is 2.07. The third-order valence-corrected chi connectivity index (χ3v) is 4.09. The van der Waals surface area contributed by atoms with E-state index in [0.717, 1.165) is 27.1 Å². The Hall–Kier alpha value is -2.01. The summed E-state index contributed by atoms with van der Waals surface area (Å²) < 4.78 is 11.6. The van der Waals surface area contributed by atoms with Crippen LogP contribution in [0.2, 0.25) is 0 Å². The molecule has 0 heterocycles. The number of carbonyl (C=O) groups is 1. The maximum absolute atomic E-state index is 12.2. The Morgan fingerprint density at radius 1 is 1.13 bits per heavy atom. The molecule has 2 aromatic carbocycles. The quantitative estimate of drug-likeness (QED) is 0.830. The minimum absolute atomic E-state index is 0.0373. The third kappa shape index (κ3) is 4.73. The number of amides is 1. The fraction of sp³-hybridized carbons (Fsp3) is 0.278. The molecule has 0 aliphatic heterocycles. The molecular formula is C18H20BrNO3. The standard InChI is InChI=1S/C18H20BrNO3/c1-12(16-11-15(22-2)8-9-17(16)23-3)20-18(21)10-13-4-6-14(19)7-5-13/h4-9,11-12H,10H2,1-3H3,(H,20,21)/t12-/m0/s1. The molecule has 0 radical (unpaired) electrons. The maximum Gasteiger partial charge on any atom is 0.224 e. The lowest BCUT2D eigenvalue weighted by atomic mass is 10.1. The highest BCUT2D eigenvalue weighted by atomic mass is 79.9. The van der Waals surface area contributed by atoms with E-state index < -0.39 is 0 Å². The third-order valence-electron chi connectivity index (χ3n) is 3.56. The van der Waals surface area contributed by atoms with E-state index in [1.807, 2.05) is 49.4 Å². The molecule has 0 spiro atoms. The van der Waals surface area contributed by atoms with E-state index in [1.165, 1.54) is 0 Å². The van der Waals surface area contributed by atoms with Crippen LogP contribution in [0.4, 0.5) is 0 Å². The molecule has 23 heavy (non-hydrogen) atoms. The van der Waals surface area contributed by atoms with Crippen LogP contribution in [0.25, 0.3) is 0 Å². The van der Waals surface area contributed by atoms with Crippen molar-refractivity contribution in [2.75, 3.05) is 14.2 Å². The number of carbonyl (C=O) groups excluding carboxylic acids is 1. The topological polar surface area (TPSA) is 47.6 Å². The lowest BCUT2D eigenvalue weighted by molar-refractivity contribution is -0.121. The SMILES string of the molecule is COc1ccc(OC)c([C@H](C)NC(=O)Cc2ccc(Br)cc2)c1. The van der Waals surface area contributed by atoms with Crippen molar-refractivity contribution in [1.82, 2.24) is 5.32 Å². The lowest BCUT2D eigenvalue weighted by Gasteiger charge is -2.18. The van der Waals surface area contributed by atoms with Crippen molar-refractivity contribution >= 4 is 21.8 Å². The molecule has 0 aromatic heterocycles. The Morgan fingerprint density at radius 2 is 1.83 bits per heavy atom. The normalized spacial score (nSPS) is 11.7. The van der Waals surface area contributed by atoms with Crippen molar-refractivity contribution < 1.29 is 14.3 Å². The van der Waals surface area contributed by atoms with Crippen LogP contribution in [0.5, 0.6) is 11.5 Å². The molecule has 4 nitrogen and oxygen atoms in total. The molecule has 2 aromatic rings. The minimum Gasteiger partial charge on any atom is -0.497 e. The van der Waals surface area contributed by atoms with Gasteiger partial charge in [-0.3, -0.25) is 4.79 Å². The summed E-state index contributed by atoms with van der Waals surface area (Å²) in [4.78, 5) is 12.2. The maximum atomic E-state index is 12.2. The predicted octanol–water partition coefficient (Wildman–Crippen LogP) is 3.89. The average molecular weight is 378 g/mol. The van der Waals surface area contributed by atoms with E-state index in [-0.39, 0.29) is 11.9 Å². The Morgan fingerprint density at radius 3 is 2.43 bits per heavy atom. The summed E-state index contributed by atoms with van der Waals surface area (Å²) in [6.45, 7) is 1.93. The molecule has 1 amide bonds. The molecule has 0 bridgehead atoms. The van der Waals surface area contributed by atoms with Gasteiger partial charge in [-0.15, -0.1) is 0 Å². The second-order valence-corrected chi connectivity index (χ2v) is 6.12. The first-order valence-electron chi connectivity index (χ1n) is 7.29. The van der Waals surface area contributed by atoms with Crippen molar-refractivity contribution in [3.8, 4) is 11.5 Å². The van der Waals surface area contributed by atoms with Crippen LogP contribution in [0.3, 0.4) is 0 Å². The molecule has 2 rings (SSSR count). The predicted molar refractivity (Wildman–Crippen MR) is 93.9 cm³/mol. The highest BCUT2D eigenvalue weighted by Gasteiger charge is 2.15. The smallest absolute Gasteiger partial charge is 0.224 e. The average Bonchev–Trinajstić information content (AvgIpc) is 2.56. The van der Waals surface area contributed by atoms with Crippen LogP contribution < -0.4 is 14.8 Å². The number of benzene rings is 2. The van der Waals surface area contributed by atoms with Crippen LogP contribution in [0.15, 0.2) is 46.9 Å². The molecule has 5 heteroatoms. The van der Waals surface area contributed by atoms with E-state index >= 15 is 0 Å². The van der Waals surface area contributed by atoms with Gasteiger partial charge >= 0.3 is 0 Å². The lowest BCUT2D eigenvalue weighted by Crippen LogP contribution is -2.28. The summed E-state index contributed by atoms with van der Waals surface area (Å²) in [6, 6.07) is 13.1. The number of methoxy groups -OCH3 is 2. The number of ether oxygens (including phenoxy) is 2. The number of nitrogens with one attached hydrogen (secondary N) is 1. The molecule has 122 valence electrons. The van der Waals surface area contributed by atoms with Gasteiger partial charge in [0.15, 0.2) is 0 Å². The fourth-order valence-corrected chi connectivity index (χ4v) is 2.60. The van der Waals surface area contributed by atoms with Crippen LogP contribution in [-0.4, -0.2) is 20.1 Å². The zero-order valence-electron chi connectivity index (χ0n) is 13.4. The Labute approximate surface area is 144 Å². The van der Waals surface area contributed by atoms with Gasteiger partial charge in [-0.05, 0) is 42.8 Å².